The number of nitrogens with zero attached hydrogens (tertiary/aromatic N) is 3. The number of halogens is 2. The van der Waals surface area contributed by atoms with Crippen molar-refractivity contribution in [3.05, 3.63) is 57.1 Å². The van der Waals surface area contributed by atoms with E-state index in [4.69, 9.17) is 34.7 Å². The third-order valence-electron chi connectivity index (χ3n) is 4.72. The van der Waals surface area contributed by atoms with Crippen molar-refractivity contribution in [2.24, 2.45) is 16.5 Å². The maximum atomic E-state index is 6.13. The van der Waals surface area contributed by atoms with Crippen LogP contribution < -0.4 is 27.4 Å². The fourth-order valence-corrected chi connectivity index (χ4v) is 3.83. The van der Waals surface area contributed by atoms with Gasteiger partial charge in [0, 0.05) is 40.4 Å². The highest BCUT2D eigenvalue weighted by Crippen LogP contribution is 2.26. The quantitative estimate of drug-likeness (QED) is 0.439. The van der Waals surface area contributed by atoms with Gasteiger partial charge >= 0.3 is 0 Å². The molecule has 144 valence electrons. The molecule has 1 unspecified atom stereocenters. The second-order valence-corrected chi connectivity index (χ2v) is 7.43. The summed E-state index contributed by atoms with van der Waals surface area (Å²) in [5.41, 5.74) is 12.8. The summed E-state index contributed by atoms with van der Waals surface area (Å²) < 4.78 is 2.17. The smallest absolute Gasteiger partial charge is 0.185 e. The van der Waals surface area contributed by atoms with Crippen molar-refractivity contribution in [2.75, 3.05) is 11.9 Å². The molecule has 5 N–H and O–H groups in total. The fraction of sp³-hybridized carbons (Fsp3) is 0.200. The number of anilines is 1. The minimum Gasteiger partial charge on any atom is -0.378 e. The minimum atomic E-state index is 0.0970. The van der Waals surface area contributed by atoms with E-state index in [2.05, 4.69) is 38.1 Å². The van der Waals surface area contributed by atoms with Gasteiger partial charge in [-0.1, -0.05) is 35.4 Å². The summed E-state index contributed by atoms with van der Waals surface area (Å²) in [5, 5.41) is 8.01. The molecular formula is C20H20Cl2N6. The van der Waals surface area contributed by atoms with Gasteiger partial charge in [0.1, 0.15) is 5.65 Å². The average molecular weight is 415 g/mol. The zero-order valence-electron chi connectivity index (χ0n) is 15.1. The van der Waals surface area contributed by atoms with Crippen LogP contribution in [0.3, 0.4) is 0 Å². The van der Waals surface area contributed by atoms with Gasteiger partial charge in [0.15, 0.2) is 5.96 Å². The molecule has 0 amide bonds. The number of aliphatic imine (C=N–C) groups is 1. The Balaban J connectivity index is 1.71. The number of rotatable bonds is 5. The molecule has 0 bridgehead atoms. The summed E-state index contributed by atoms with van der Waals surface area (Å²) in [6, 6.07) is 9.74. The first kappa shape index (κ1) is 18.7. The highest BCUT2D eigenvalue weighted by Gasteiger charge is 2.15. The number of pyridine rings is 1. The van der Waals surface area contributed by atoms with Crippen molar-refractivity contribution < 1.29 is 0 Å². The highest BCUT2D eigenvalue weighted by molar-refractivity contribution is 6.42. The normalized spacial score (nSPS) is 15.4. The molecule has 0 aliphatic heterocycles. The average Bonchev–Trinajstić information content (AvgIpc) is 2.98. The Kier molecular flexibility index (Phi) is 5.15. The third-order valence-corrected chi connectivity index (χ3v) is 5.46. The summed E-state index contributed by atoms with van der Waals surface area (Å²) >= 11 is 12.1. The van der Waals surface area contributed by atoms with Crippen LogP contribution in [0.2, 0.25) is 10.0 Å². The lowest BCUT2D eigenvalue weighted by molar-refractivity contribution is 0.704. The Morgan fingerprint density at radius 3 is 2.89 bits per heavy atom. The minimum absolute atomic E-state index is 0.0970. The Labute approximate surface area is 172 Å². The zero-order valence-corrected chi connectivity index (χ0v) is 16.6. The Bertz CT molecular complexity index is 1180. The van der Waals surface area contributed by atoms with Gasteiger partial charge in [0.2, 0.25) is 0 Å². The molecule has 4 rings (SSSR count). The van der Waals surface area contributed by atoms with E-state index in [0.29, 0.717) is 23.1 Å². The highest BCUT2D eigenvalue weighted by atomic mass is 35.5. The molecule has 28 heavy (non-hydrogen) atoms. The second-order valence-electron chi connectivity index (χ2n) is 6.62. The number of benzene rings is 1. The van der Waals surface area contributed by atoms with E-state index in [1.807, 2.05) is 18.2 Å². The maximum absolute atomic E-state index is 6.13. The lowest BCUT2D eigenvalue weighted by Crippen LogP contribution is -2.36. The number of hydrogen-bond acceptors (Lipinski definition) is 3. The Hall–Kier alpha value is -2.70. The predicted octanol–water partition coefficient (Wildman–Crippen LogP) is 2.06. The van der Waals surface area contributed by atoms with Gasteiger partial charge < -0.3 is 21.4 Å². The van der Waals surface area contributed by atoms with Gasteiger partial charge in [-0.15, -0.1) is 0 Å². The molecule has 6 nitrogen and oxygen atoms in total. The van der Waals surface area contributed by atoms with Crippen LogP contribution in [0.25, 0.3) is 23.2 Å². The number of nitrogens with two attached hydrogens (primary N) is 2. The van der Waals surface area contributed by atoms with Crippen LogP contribution in [0, 0.1) is 0 Å². The molecule has 8 heteroatoms. The van der Waals surface area contributed by atoms with Crippen LogP contribution in [0.4, 0.5) is 5.69 Å². The van der Waals surface area contributed by atoms with Crippen molar-refractivity contribution in [1.29, 1.82) is 0 Å². The SMILES string of the molecule is NC(N)=NCCn1c2c(c3cccnc31)=CC(Nc1ccc(Cl)c(Cl)c1)CC=2. The van der Waals surface area contributed by atoms with Crippen LogP contribution in [-0.2, 0) is 6.54 Å². The van der Waals surface area contributed by atoms with Crippen molar-refractivity contribution >= 4 is 58.0 Å². The van der Waals surface area contributed by atoms with Gasteiger partial charge in [-0.25, -0.2) is 4.98 Å². The molecule has 0 saturated carbocycles. The molecule has 1 aromatic carbocycles. The van der Waals surface area contributed by atoms with Crippen molar-refractivity contribution in [3.8, 4) is 0 Å². The van der Waals surface area contributed by atoms with Crippen molar-refractivity contribution in [1.82, 2.24) is 9.55 Å². The lowest BCUT2D eigenvalue weighted by atomic mass is 10.1. The summed E-state index contributed by atoms with van der Waals surface area (Å²) in [7, 11) is 0. The Morgan fingerprint density at radius 1 is 1.25 bits per heavy atom. The number of guanidine groups is 1. The summed E-state index contributed by atoms with van der Waals surface area (Å²) in [4.78, 5) is 8.68. The molecule has 3 aromatic rings. The first-order chi connectivity index (χ1) is 13.5. The maximum Gasteiger partial charge on any atom is 0.185 e. The number of nitrogens with one attached hydrogen (secondary N) is 1. The summed E-state index contributed by atoms with van der Waals surface area (Å²) in [5.74, 6) is 0.0970. The van der Waals surface area contributed by atoms with E-state index in [1.54, 1.807) is 12.3 Å². The van der Waals surface area contributed by atoms with Crippen LogP contribution in [0.1, 0.15) is 6.42 Å². The lowest BCUT2D eigenvalue weighted by Gasteiger charge is -2.17. The van der Waals surface area contributed by atoms with Gasteiger partial charge in [-0.2, -0.15) is 0 Å². The topological polar surface area (TPSA) is 94.3 Å². The van der Waals surface area contributed by atoms with Crippen LogP contribution >= 0.6 is 23.2 Å². The molecule has 2 heterocycles. The van der Waals surface area contributed by atoms with E-state index < -0.39 is 0 Å². The monoisotopic (exact) mass is 414 g/mol. The first-order valence-electron chi connectivity index (χ1n) is 8.95. The van der Waals surface area contributed by atoms with Gasteiger partial charge in [0.05, 0.1) is 16.6 Å². The predicted molar refractivity (Wildman–Crippen MR) is 117 cm³/mol. The van der Waals surface area contributed by atoms with E-state index in [9.17, 15) is 0 Å². The van der Waals surface area contributed by atoms with Crippen LogP contribution in [0.5, 0.6) is 0 Å². The van der Waals surface area contributed by atoms with E-state index in [-0.39, 0.29) is 12.0 Å². The molecule has 0 spiro atoms. The molecule has 1 atom stereocenters. The molecule has 0 fully saturated rings. The fourth-order valence-electron chi connectivity index (χ4n) is 3.53. The van der Waals surface area contributed by atoms with Gasteiger partial charge in [-0.3, -0.25) is 4.99 Å². The second kappa shape index (κ2) is 7.73. The standard InChI is InChI=1S/C20H20Cl2N6/c21-16-5-3-13(11-17(16)22)27-12-4-6-18-15(10-12)14-2-1-7-25-19(14)28(18)9-8-26-20(23)24/h1-3,5-7,10-12,27H,4,8-9H2,(H4,23,24,26). The van der Waals surface area contributed by atoms with Gasteiger partial charge in [0.25, 0.3) is 0 Å². The number of hydrogen-bond donors (Lipinski definition) is 3. The Morgan fingerprint density at radius 2 is 2.11 bits per heavy atom. The van der Waals surface area contributed by atoms with Crippen LogP contribution in [0.15, 0.2) is 41.5 Å². The molecular weight excluding hydrogens is 395 g/mol. The molecule has 0 saturated heterocycles. The summed E-state index contributed by atoms with van der Waals surface area (Å²) in [6.07, 6.45) is 7.10. The van der Waals surface area contributed by atoms with Crippen molar-refractivity contribution in [2.45, 2.75) is 19.0 Å². The summed E-state index contributed by atoms with van der Waals surface area (Å²) in [6.45, 7) is 1.17. The number of fused-ring (bicyclic) bond motifs is 3. The van der Waals surface area contributed by atoms with E-state index >= 15 is 0 Å². The van der Waals surface area contributed by atoms with E-state index in [0.717, 1.165) is 33.7 Å². The van der Waals surface area contributed by atoms with Crippen molar-refractivity contribution in [3.63, 3.8) is 0 Å². The molecule has 1 aliphatic rings. The largest absolute Gasteiger partial charge is 0.378 e. The molecule has 0 radical (unpaired) electrons. The van der Waals surface area contributed by atoms with E-state index in [1.165, 1.54) is 0 Å². The van der Waals surface area contributed by atoms with Crippen LogP contribution in [-0.4, -0.2) is 28.1 Å². The molecule has 2 aromatic heterocycles. The molecule has 1 aliphatic carbocycles. The number of aromatic nitrogens is 2. The third kappa shape index (κ3) is 3.66. The zero-order chi connectivity index (χ0) is 19.7. The first-order valence-corrected chi connectivity index (χ1v) is 9.71. The van der Waals surface area contributed by atoms with Gasteiger partial charge in [-0.05, 0) is 36.8 Å².